The summed E-state index contributed by atoms with van der Waals surface area (Å²) in [5.74, 6) is 1.39. The summed E-state index contributed by atoms with van der Waals surface area (Å²) in [6, 6.07) is 145. The van der Waals surface area contributed by atoms with Gasteiger partial charge in [0.05, 0.1) is 54.6 Å². The van der Waals surface area contributed by atoms with Crippen LogP contribution in [0.2, 0.25) is 0 Å². The highest BCUT2D eigenvalue weighted by molar-refractivity contribution is 7.27. The number of hydrogen-bond donors (Lipinski definition) is 0. The lowest BCUT2D eigenvalue weighted by atomic mass is 9.96. The van der Waals surface area contributed by atoms with E-state index in [1.54, 1.807) is 0 Å². The maximum atomic E-state index is 6.26. The summed E-state index contributed by atoms with van der Waals surface area (Å²) in [7, 11) is 0. The number of fused-ring (bicyclic) bond motifs is 13. The summed E-state index contributed by atoms with van der Waals surface area (Å²) >= 11 is 3.63. The second-order valence-corrected chi connectivity index (χ2v) is 32.1. The summed E-state index contributed by atoms with van der Waals surface area (Å²) in [4.78, 5) is 31.1. The van der Waals surface area contributed by atoms with Gasteiger partial charge in [0.25, 0.3) is 0 Å². The molecular weight excluding hydrogens is 1490 g/mol. The van der Waals surface area contributed by atoms with Crippen molar-refractivity contribution >= 4 is 107 Å². The number of thiophene rings is 2. The van der Waals surface area contributed by atoms with Gasteiger partial charge in [-0.25, -0.2) is 29.9 Å². The monoisotopic (exact) mass is 1550 g/mol. The largest absolute Gasteiger partial charge is 0.456 e. The summed E-state index contributed by atoms with van der Waals surface area (Å²) in [6.07, 6.45) is 0. The molecule has 0 saturated heterocycles. The molecule has 0 aliphatic carbocycles. The summed E-state index contributed by atoms with van der Waals surface area (Å²) in [5, 5.41) is 9.60. The second kappa shape index (κ2) is 30.2. The van der Waals surface area contributed by atoms with Crippen LogP contribution in [0.4, 0.5) is 0 Å². The van der Waals surface area contributed by atoms with Crippen molar-refractivity contribution in [3.8, 4) is 146 Å². The Morgan fingerprint density at radius 3 is 0.975 bits per heavy atom. The zero-order valence-electron chi connectivity index (χ0n) is 64.2. The molecular formula is C110H68N6OS2. The minimum Gasteiger partial charge on any atom is -0.456 e. The van der Waals surface area contributed by atoms with Crippen molar-refractivity contribution in [2.75, 3.05) is 0 Å². The molecule has 23 aromatic rings. The van der Waals surface area contributed by atoms with Crippen LogP contribution in [0, 0.1) is 0 Å². The average molecular weight is 1550 g/mol. The third-order valence-corrected chi connectivity index (χ3v) is 24.9. The van der Waals surface area contributed by atoms with Crippen LogP contribution in [0.25, 0.3) is 230 Å². The normalized spacial score (nSPS) is 11.5. The zero-order valence-corrected chi connectivity index (χ0v) is 65.8. The van der Waals surface area contributed by atoms with Crippen molar-refractivity contribution in [1.82, 2.24) is 29.9 Å². The van der Waals surface area contributed by atoms with Gasteiger partial charge in [-0.2, -0.15) is 0 Å². The quantitative estimate of drug-likeness (QED) is 0.114. The van der Waals surface area contributed by atoms with E-state index >= 15 is 0 Å². The van der Waals surface area contributed by atoms with Gasteiger partial charge in [0.1, 0.15) is 11.2 Å². The molecule has 7 heterocycles. The Morgan fingerprint density at radius 1 is 0.176 bits per heavy atom. The third-order valence-electron chi connectivity index (χ3n) is 22.6. The first-order chi connectivity index (χ1) is 58.9. The number of hydrogen-bond acceptors (Lipinski definition) is 9. The molecule has 0 atom stereocenters. The van der Waals surface area contributed by atoms with E-state index in [4.69, 9.17) is 34.3 Å². The lowest BCUT2D eigenvalue weighted by Crippen LogP contribution is -1.96. The molecule has 0 spiro atoms. The van der Waals surface area contributed by atoms with Crippen LogP contribution < -0.4 is 0 Å². The summed E-state index contributed by atoms with van der Waals surface area (Å²) in [5.41, 5.74) is 29.2. The molecule has 16 aromatic carbocycles. The van der Waals surface area contributed by atoms with Crippen LogP contribution in [0.15, 0.2) is 417 Å². The van der Waals surface area contributed by atoms with Gasteiger partial charge in [0, 0.05) is 97.0 Å². The topological polar surface area (TPSA) is 90.5 Å². The minimum atomic E-state index is 0.692. The molecule has 0 fully saturated rings. The minimum absolute atomic E-state index is 0.692. The predicted octanol–water partition coefficient (Wildman–Crippen LogP) is 30.4. The highest BCUT2D eigenvalue weighted by Crippen LogP contribution is 2.48. The molecule has 23 rings (SSSR count). The lowest BCUT2D eigenvalue weighted by Gasteiger charge is -2.12. The van der Waals surface area contributed by atoms with E-state index in [0.717, 1.165) is 150 Å². The summed E-state index contributed by atoms with van der Waals surface area (Å²) < 4.78 is 11.2. The second-order valence-electron chi connectivity index (χ2n) is 29.9. The smallest absolute Gasteiger partial charge is 0.160 e. The van der Waals surface area contributed by atoms with Crippen LogP contribution in [0.3, 0.4) is 0 Å². The Kier molecular flexibility index (Phi) is 17.8. The van der Waals surface area contributed by atoms with Crippen LogP contribution >= 0.6 is 22.7 Å². The number of pyridine rings is 2. The average Bonchev–Trinajstić information content (AvgIpc) is 1.62. The Morgan fingerprint density at radius 2 is 0.487 bits per heavy atom. The van der Waals surface area contributed by atoms with Gasteiger partial charge < -0.3 is 4.42 Å². The number of nitrogens with zero attached hydrogens (tertiary/aromatic N) is 6. The molecule has 0 bridgehead atoms. The van der Waals surface area contributed by atoms with Gasteiger partial charge in [0.15, 0.2) is 11.6 Å². The zero-order chi connectivity index (χ0) is 78.7. The van der Waals surface area contributed by atoms with Crippen LogP contribution in [0.5, 0.6) is 0 Å². The number of benzene rings is 16. The molecule has 7 aromatic heterocycles. The fourth-order valence-corrected chi connectivity index (χ4v) is 19.1. The van der Waals surface area contributed by atoms with Crippen molar-refractivity contribution in [2.45, 2.75) is 0 Å². The fourth-order valence-electron chi connectivity index (χ4n) is 16.6. The standard InChI is InChI=1S/C55H33N3OS.C55H35N3S/c1-3-11-36(12-4-1)47-33-48(37-13-5-2-6-14-37)58-55(57-47)39-25-21-35(22-26-39)34-19-23-38(24-20-34)53-54-52(44-16-8-10-18-51(44)60-54)45-31-40(28-30-46(45)56-53)41-27-29-43-42-15-7-9-17-49(42)59-50(43)32-41;1-4-15-36(16-5-1)39-21-12-22-40(31-39)43-29-30-48-47(34-43)52-46-27-10-11-28-51(46)59-54(52)53(56-48)44-25-13-23-41(32-44)42-24-14-26-45(33-42)55-57-49(37-17-6-2-7-18-37)35-50(58-55)38-19-8-3-9-20-38/h1-33H;1-35H. The number of furan rings is 1. The van der Waals surface area contributed by atoms with Gasteiger partial charge >= 0.3 is 0 Å². The SMILES string of the molecule is c1ccc(-c2cc(-c3ccccc3)nc(-c3ccc(-c4ccc(-c5nc6ccc(-c7ccc8c(c7)oc7ccccc78)cc6c6c5sc5ccccc56)cc4)cc3)n2)cc1.c1ccc(-c2cccc(-c3ccc4nc(-c5cccc(-c6cccc(-c7nc(-c8ccccc8)cc(-c8ccccc8)n7)c6)c5)c5sc6ccccc6c5c4c3)c2)cc1. The van der Waals surface area contributed by atoms with Crippen LogP contribution in [-0.2, 0) is 0 Å². The Hall–Kier alpha value is -15.3. The van der Waals surface area contributed by atoms with Crippen molar-refractivity contribution in [3.05, 3.63) is 413 Å². The van der Waals surface area contributed by atoms with E-state index in [1.165, 1.54) is 68.0 Å². The number of aromatic nitrogens is 6. The lowest BCUT2D eigenvalue weighted by molar-refractivity contribution is 0.669. The van der Waals surface area contributed by atoms with E-state index < -0.39 is 0 Å². The van der Waals surface area contributed by atoms with E-state index in [-0.39, 0.29) is 0 Å². The molecule has 0 saturated carbocycles. The van der Waals surface area contributed by atoms with Crippen LogP contribution in [-0.4, -0.2) is 29.9 Å². The molecule has 0 unspecified atom stereocenters. The predicted molar refractivity (Wildman–Crippen MR) is 498 cm³/mol. The van der Waals surface area contributed by atoms with E-state index in [0.29, 0.717) is 11.6 Å². The molecule has 0 amide bonds. The Bertz CT molecular complexity index is 7710. The highest BCUT2D eigenvalue weighted by Gasteiger charge is 2.22. The molecule has 9 heteroatoms. The fraction of sp³-hybridized carbons (Fsp3) is 0. The summed E-state index contributed by atoms with van der Waals surface area (Å²) in [6.45, 7) is 0. The Balaban J connectivity index is 0.000000143. The van der Waals surface area contributed by atoms with Crippen LogP contribution in [0.1, 0.15) is 0 Å². The van der Waals surface area contributed by atoms with Gasteiger partial charge in [-0.3, -0.25) is 0 Å². The van der Waals surface area contributed by atoms with Gasteiger partial charge in [0.2, 0.25) is 0 Å². The highest BCUT2D eigenvalue weighted by atomic mass is 32.1. The first kappa shape index (κ1) is 70.4. The molecule has 7 nitrogen and oxygen atoms in total. The third kappa shape index (κ3) is 13.4. The molecule has 0 N–H and O–H groups in total. The number of para-hydroxylation sites is 1. The van der Waals surface area contributed by atoms with Crippen molar-refractivity contribution in [1.29, 1.82) is 0 Å². The maximum absolute atomic E-state index is 6.26. The molecule has 0 aliphatic heterocycles. The molecule has 0 radical (unpaired) electrons. The molecule has 556 valence electrons. The van der Waals surface area contributed by atoms with Gasteiger partial charge in [-0.05, 0) is 141 Å². The van der Waals surface area contributed by atoms with E-state index in [2.05, 4.69) is 328 Å². The molecule has 0 aliphatic rings. The number of rotatable bonds is 13. The van der Waals surface area contributed by atoms with Crippen molar-refractivity contribution in [3.63, 3.8) is 0 Å². The maximum Gasteiger partial charge on any atom is 0.160 e. The van der Waals surface area contributed by atoms with Gasteiger partial charge in [-0.1, -0.05) is 328 Å². The van der Waals surface area contributed by atoms with E-state index in [1.807, 2.05) is 108 Å². The first-order valence-corrected chi connectivity index (χ1v) is 41.6. The Labute approximate surface area is 694 Å². The van der Waals surface area contributed by atoms with Crippen molar-refractivity contribution in [2.24, 2.45) is 0 Å². The molecule has 119 heavy (non-hydrogen) atoms. The van der Waals surface area contributed by atoms with E-state index in [9.17, 15) is 0 Å². The van der Waals surface area contributed by atoms with Gasteiger partial charge in [-0.15, -0.1) is 22.7 Å². The first-order valence-electron chi connectivity index (χ1n) is 39.9. The van der Waals surface area contributed by atoms with Crippen molar-refractivity contribution < 1.29 is 4.42 Å².